The van der Waals surface area contributed by atoms with Crippen LogP contribution in [0.25, 0.3) is 0 Å². The van der Waals surface area contributed by atoms with E-state index in [1.807, 2.05) is 0 Å². The summed E-state index contributed by atoms with van der Waals surface area (Å²) in [6.45, 7) is 6.23. The zero-order valence-corrected chi connectivity index (χ0v) is 14.0. The van der Waals surface area contributed by atoms with E-state index in [1.165, 1.54) is 0 Å². The Kier molecular flexibility index (Phi) is 7.71. The third kappa shape index (κ3) is 6.90. The quantitative estimate of drug-likeness (QED) is 0.763. The summed E-state index contributed by atoms with van der Waals surface area (Å²) in [5.74, 6) is 0. The van der Waals surface area contributed by atoms with Gasteiger partial charge in [-0.3, -0.25) is 0 Å². The molecule has 2 N–H and O–H groups in total. The zero-order chi connectivity index (χ0) is 12.9. The van der Waals surface area contributed by atoms with Crippen LogP contribution in [0.4, 0.5) is 0 Å². The van der Waals surface area contributed by atoms with Gasteiger partial charge in [-0.15, -0.1) is 11.6 Å². The molecule has 4 nitrogen and oxygen atoms in total. The van der Waals surface area contributed by atoms with Crippen molar-refractivity contribution < 1.29 is 47.7 Å². The smallest absolute Gasteiger partial charge is 0.0718 e. The molecule has 0 aromatic carbocycles. The van der Waals surface area contributed by atoms with E-state index < -0.39 is 11.2 Å². The minimum absolute atomic E-state index is 0. The summed E-state index contributed by atoms with van der Waals surface area (Å²) in [7, 11) is 0. The minimum atomic E-state index is -0.806. The Morgan fingerprint density at radius 2 is 2.06 bits per heavy atom. The second-order valence-electron chi connectivity index (χ2n) is 5.18. The van der Waals surface area contributed by atoms with Crippen molar-refractivity contribution in [3.8, 4) is 0 Å². The monoisotopic (exact) mass is 327 g/mol. The van der Waals surface area contributed by atoms with E-state index in [2.05, 4.69) is 11.2 Å². The Morgan fingerprint density at radius 1 is 1.44 bits per heavy atom. The van der Waals surface area contributed by atoms with Gasteiger partial charge in [-0.25, -0.2) is 0 Å². The Balaban J connectivity index is 0.000000421. The number of hydrogen-bond acceptors (Lipinski definition) is 4. The fraction of sp³-hybridized carbons (Fsp3) is 0.615. The van der Waals surface area contributed by atoms with Crippen LogP contribution in [-0.2, 0) is 43.0 Å². The van der Waals surface area contributed by atoms with E-state index in [-0.39, 0.29) is 32.7 Å². The fourth-order valence-electron chi connectivity index (χ4n) is 1.39. The largest absolute Gasteiger partial charge is 0.395 e. The van der Waals surface area contributed by atoms with Gasteiger partial charge in [-0.1, -0.05) is 12.4 Å². The number of aromatic nitrogens is 1. The molecule has 1 aromatic heterocycles. The SMILES string of the molecule is CC(C)(C)O.OC1(c2c[c-]ncc2)CCOC1.[Y]. The summed E-state index contributed by atoms with van der Waals surface area (Å²) in [4.78, 5) is 3.77. The molecule has 1 radical (unpaired) electrons. The van der Waals surface area contributed by atoms with Crippen molar-refractivity contribution >= 4 is 0 Å². The third-order valence-electron chi connectivity index (χ3n) is 2.16. The molecule has 99 valence electrons. The molecule has 2 heterocycles. The molecule has 5 heteroatoms. The molecular formula is C13H20NO3Y-. The second kappa shape index (κ2) is 7.66. The second-order valence-corrected chi connectivity index (χ2v) is 5.18. The first kappa shape index (κ1) is 18.1. The molecule has 2 rings (SSSR count). The molecule has 1 aliphatic rings. The van der Waals surface area contributed by atoms with Gasteiger partial charge in [0.05, 0.1) is 17.8 Å². The summed E-state index contributed by atoms with van der Waals surface area (Å²) in [5, 5.41) is 18.5. The minimum Gasteiger partial charge on any atom is -0.395 e. The van der Waals surface area contributed by atoms with E-state index in [0.29, 0.717) is 19.6 Å². The van der Waals surface area contributed by atoms with Crippen molar-refractivity contribution in [2.45, 2.75) is 38.4 Å². The average Bonchev–Trinajstić information content (AvgIpc) is 2.66. The van der Waals surface area contributed by atoms with Crippen LogP contribution in [0.1, 0.15) is 32.8 Å². The first-order valence-electron chi connectivity index (χ1n) is 5.66. The molecule has 1 aliphatic heterocycles. The Hall–Kier alpha value is 0.134. The first-order valence-corrected chi connectivity index (χ1v) is 5.66. The Bertz CT molecular complexity index is 326. The van der Waals surface area contributed by atoms with Crippen molar-refractivity contribution in [3.63, 3.8) is 0 Å². The van der Waals surface area contributed by atoms with Crippen LogP contribution < -0.4 is 0 Å². The molecule has 1 fully saturated rings. The van der Waals surface area contributed by atoms with Crippen LogP contribution in [-0.4, -0.2) is 34.0 Å². The van der Waals surface area contributed by atoms with Crippen LogP contribution in [0.2, 0.25) is 0 Å². The predicted molar refractivity (Wildman–Crippen MR) is 64.4 cm³/mol. The molecule has 0 saturated carbocycles. The summed E-state index contributed by atoms with van der Waals surface area (Å²) in [6, 6.07) is 3.50. The maximum atomic E-state index is 9.99. The molecule has 0 spiro atoms. The van der Waals surface area contributed by atoms with Crippen molar-refractivity contribution in [1.82, 2.24) is 4.98 Å². The Labute approximate surface area is 134 Å². The summed E-state index contributed by atoms with van der Waals surface area (Å²) in [6.07, 6.45) is 4.99. The number of aliphatic hydroxyl groups is 2. The normalized spacial score (nSPS) is 22.7. The molecule has 1 atom stereocenters. The van der Waals surface area contributed by atoms with E-state index in [9.17, 15) is 5.11 Å². The number of nitrogens with zero attached hydrogens (tertiary/aromatic N) is 1. The molecule has 18 heavy (non-hydrogen) atoms. The maximum Gasteiger partial charge on any atom is 0.0718 e. The zero-order valence-electron chi connectivity index (χ0n) is 11.2. The van der Waals surface area contributed by atoms with Crippen molar-refractivity contribution in [2.24, 2.45) is 0 Å². The summed E-state index contributed by atoms with van der Waals surface area (Å²) in [5.41, 5.74) is -0.464. The van der Waals surface area contributed by atoms with Crippen molar-refractivity contribution in [2.75, 3.05) is 13.2 Å². The number of rotatable bonds is 1. The van der Waals surface area contributed by atoms with Gasteiger partial charge in [0.15, 0.2) is 0 Å². The van der Waals surface area contributed by atoms with Crippen LogP contribution in [0.3, 0.4) is 0 Å². The van der Waals surface area contributed by atoms with Crippen LogP contribution in [0.15, 0.2) is 18.3 Å². The van der Waals surface area contributed by atoms with Gasteiger partial charge in [0.2, 0.25) is 0 Å². The van der Waals surface area contributed by atoms with Gasteiger partial charge in [0.1, 0.15) is 0 Å². The van der Waals surface area contributed by atoms with Crippen LogP contribution in [0, 0.1) is 6.20 Å². The Morgan fingerprint density at radius 3 is 2.44 bits per heavy atom. The first-order chi connectivity index (χ1) is 7.81. The van der Waals surface area contributed by atoms with Gasteiger partial charge in [0, 0.05) is 39.3 Å². The predicted octanol–water partition coefficient (Wildman–Crippen LogP) is 1.26. The van der Waals surface area contributed by atoms with Crippen molar-refractivity contribution in [3.05, 3.63) is 30.1 Å². The van der Waals surface area contributed by atoms with Crippen LogP contribution in [0.5, 0.6) is 0 Å². The molecule has 0 aliphatic carbocycles. The molecule has 1 saturated heterocycles. The maximum absolute atomic E-state index is 9.99. The summed E-state index contributed by atoms with van der Waals surface area (Å²) >= 11 is 0. The third-order valence-corrected chi connectivity index (χ3v) is 2.16. The molecule has 0 amide bonds. The molecular weight excluding hydrogens is 307 g/mol. The van der Waals surface area contributed by atoms with Crippen LogP contribution >= 0.6 is 0 Å². The van der Waals surface area contributed by atoms with Gasteiger partial charge in [-0.05, 0) is 27.2 Å². The van der Waals surface area contributed by atoms with E-state index in [0.717, 1.165) is 5.56 Å². The number of pyridine rings is 1. The van der Waals surface area contributed by atoms with Gasteiger partial charge in [0.25, 0.3) is 0 Å². The van der Waals surface area contributed by atoms with E-state index in [1.54, 1.807) is 39.1 Å². The average molecular weight is 327 g/mol. The number of hydrogen-bond donors (Lipinski definition) is 2. The number of ether oxygens (including phenoxy) is 1. The van der Waals surface area contributed by atoms with Crippen molar-refractivity contribution in [1.29, 1.82) is 0 Å². The van der Waals surface area contributed by atoms with E-state index >= 15 is 0 Å². The van der Waals surface area contributed by atoms with Gasteiger partial charge < -0.3 is 19.9 Å². The standard InChI is InChI=1S/C9H10NO2.C4H10O.Y/c11-9(3-6-12-7-9)8-1-4-10-5-2-8;1-4(2,3)5;/h1-2,4,11H,3,6-7H2;5H,1-3H3;/q-1;;. The van der Waals surface area contributed by atoms with Gasteiger partial charge in [-0.2, -0.15) is 6.07 Å². The topological polar surface area (TPSA) is 62.6 Å². The van der Waals surface area contributed by atoms with E-state index in [4.69, 9.17) is 9.84 Å². The fourth-order valence-corrected chi connectivity index (χ4v) is 1.39. The van der Waals surface area contributed by atoms with Gasteiger partial charge >= 0.3 is 0 Å². The molecule has 1 unspecified atom stereocenters. The molecule has 0 bridgehead atoms. The summed E-state index contributed by atoms with van der Waals surface area (Å²) < 4.78 is 5.13. The molecule has 1 aromatic rings.